The minimum Gasteiger partial charge on any atom is -0.462 e. The molecule has 14 heteroatoms. The van der Waals surface area contributed by atoms with Gasteiger partial charge in [0.1, 0.15) is 43.2 Å². The third kappa shape index (κ3) is 26.4. The fraction of sp³-hybridized carbons (Fsp3) is 0.682. The fourth-order valence-corrected chi connectivity index (χ4v) is 6.87. The first-order valence-electron chi connectivity index (χ1n) is 21.3. The summed E-state index contributed by atoms with van der Waals surface area (Å²) in [4.78, 5) is 35.6. The Bertz CT molecular complexity index is 1290. The van der Waals surface area contributed by atoms with Gasteiger partial charge < -0.3 is 39.9 Å². The maximum Gasteiger partial charge on any atom is 0.472 e. The van der Waals surface area contributed by atoms with Crippen LogP contribution in [-0.4, -0.2) is 98.3 Å². The summed E-state index contributed by atoms with van der Waals surface area (Å²) in [5, 5.41) is 50.0. The average Bonchev–Trinajstić information content (AvgIpc) is 3.20. The van der Waals surface area contributed by atoms with Gasteiger partial charge in [0.25, 0.3) is 0 Å². The van der Waals surface area contributed by atoms with Crippen LogP contribution in [0.2, 0.25) is 0 Å². The van der Waals surface area contributed by atoms with E-state index in [0.29, 0.717) is 12.8 Å². The van der Waals surface area contributed by atoms with Crippen LogP contribution in [0.3, 0.4) is 0 Å². The van der Waals surface area contributed by atoms with Crippen molar-refractivity contribution in [3.63, 3.8) is 0 Å². The molecule has 0 aromatic rings. The van der Waals surface area contributed by atoms with Crippen LogP contribution in [0.25, 0.3) is 0 Å². The molecule has 332 valence electrons. The first-order valence-corrected chi connectivity index (χ1v) is 22.8. The minimum absolute atomic E-state index is 0.0708. The molecular formula is C44H73O13P. The van der Waals surface area contributed by atoms with Gasteiger partial charge in [-0.15, -0.1) is 0 Å². The van der Waals surface area contributed by atoms with Crippen LogP contribution in [-0.2, 0) is 32.7 Å². The lowest BCUT2D eigenvalue weighted by Gasteiger charge is -2.41. The summed E-state index contributed by atoms with van der Waals surface area (Å²) >= 11 is 0. The zero-order valence-electron chi connectivity index (χ0n) is 34.8. The molecule has 58 heavy (non-hydrogen) atoms. The first kappa shape index (κ1) is 53.3. The third-order valence-corrected chi connectivity index (χ3v) is 10.4. The SMILES string of the molecule is CC/C=C/C=C/C=C/C=C/CCCCCCCC(=O)OC[C@@H](COP(=O)(O)OC1C(O)C(O)C(O)[C@H](O)C1O)OC(=O)CCCCCCC/C=C/C/C=C/CCCC. The number of carbonyl (C=O) groups is 2. The first-order chi connectivity index (χ1) is 27.9. The summed E-state index contributed by atoms with van der Waals surface area (Å²) in [6, 6.07) is 0. The van der Waals surface area contributed by atoms with E-state index in [2.05, 4.69) is 50.3 Å². The van der Waals surface area contributed by atoms with Crippen molar-refractivity contribution in [3.8, 4) is 0 Å². The molecule has 1 rings (SSSR count). The fourth-order valence-electron chi connectivity index (χ4n) is 5.90. The topological polar surface area (TPSA) is 210 Å². The summed E-state index contributed by atoms with van der Waals surface area (Å²) < 4.78 is 33.4. The van der Waals surface area contributed by atoms with Crippen molar-refractivity contribution in [2.24, 2.45) is 0 Å². The quantitative estimate of drug-likeness (QED) is 0.0124. The van der Waals surface area contributed by atoms with Gasteiger partial charge in [0.15, 0.2) is 6.10 Å². The normalized spacial score (nSPS) is 23.2. The Hall–Kier alpha value is -2.71. The van der Waals surface area contributed by atoms with Crippen LogP contribution in [0.4, 0.5) is 0 Å². The van der Waals surface area contributed by atoms with Gasteiger partial charge in [-0.3, -0.25) is 18.6 Å². The van der Waals surface area contributed by atoms with Gasteiger partial charge in [-0.1, -0.05) is 138 Å². The van der Waals surface area contributed by atoms with E-state index in [9.17, 15) is 44.6 Å². The second kappa shape index (κ2) is 34.0. The number of phosphoric ester groups is 1. The van der Waals surface area contributed by atoms with Crippen LogP contribution in [0.15, 0.2) is 72.9 Å². The van der Waals surface area contributed by atoms with Crippen LogP contribution in [0.5, 0.6) is 0 Å². The Labute approximate surface area is 346 Å². The predicted molar refractivity (Wildman–Crippen MR) is 225 cm³/mol. The van der Waals surface area contributed by atoms with Gasteiger partial charge in [0.05, 0.1) is 6.61 Å². The highest BCUT2D eigenvalue weighted by Gasteiger charge is 2.51. The van der Waals surface area contributed by atoms with Gasteiger partial charge in [-0.05, 0) is 57.8 Å². The molecule has 1 saturated carbocycles. The molecule has 8 atom stereocenters. The van der Waals surface area contributed by atoms with E-state index in [1.54, 1.807) is 0 Å². The predicted octanol–water partition coefficient (Wildman–Crippen LogP) is 7.55. The van der Waals surface area contributed by atoms with Crippen LogP contribution in [0.1, 0.15) is 136 Å². The summed E-state index contributed by atoms with van der Waals surface area (Å²) in [5.74, 6) is -1.15. The van der Waals surface area contributed by atoms with E-state index in [1.165, 1.54) is 12.8 Å². The number of hydrogen-bond acceptors (Lipinski definition) is 12. The van der Waals surface area contributed by atoms with Gasteiger partial charge in [-0.25, -0.2) is 4.57 Å². The third-order valence-electron chi connectivity index (χ3n) is 9.38. The van der Waals surface area contributed by atoms with Crippen molar-refractivity contribution < 1.29 is 63.1 Å². The molecule has 1 fully saturated rings. The number of hydrogen-bond donors (Lipinski definition) is 6. The number of esters is 2. The maximum absolute atomic E-state index is 12.8. The average molecular weight is 841 g/mol. The van der Waals surface area contributed by atoms with E-state index in [1.807, 2.05) is 36.5 Å². The second-order valence-electron chi connectivity index (χ2n) is 14.6. The Kier molecular flexibility index (Phi) is 31.3. The molecule has 0 aromatic carbocycles. The summed E-state index contributed by atoms with van der Waals surface area (Å²) in [5.41, 5.74) is 0. The van der Waals surface area contributed by atoms with Crippen LogP contribution >= 0.6 is 7.82 Å². The largest absolute Gasteiger partial charge is 0.472 e. The number of allylic oxidation sites excluding steroid dienone is 12. The number of rotatable bonds is 33. The molecule has 0 amide bonds. The molecule has 0 spiro atoms. The monoisotopic (exact) mass is 840 g/mol. The molecule has 0 saturated heterocycles. The molecule has 0 aliphatic heterocycles. The summed E-state index contributed by atoms with van der Waals surface area (Å²) in [6.45, 7) is 3.06. The van der Waals surface area contributed by atoms with Crippen LogP contribution < -0.4 is 0 Å². The molecule has 0 radical (unpaired) electrons. The Balaban J connectivity index is 2.53. The van der Waals surface area contributed by atoms with Gasteiger partial charge in [0.2, 0.25) is 0 Å². The lowest BCUT2D eigenvalue weighted by Crippen LogP contribution is -2.64. The van der Waals surface area contributed by atoms with Crippen molar-refractivity contribution in [2.75, 3.05) is 13.2 Å². The van der Waals surface area contributed by atoms with E-state index in [0.717, 1.165) is 83.5 Å². The van der Waals surface area contributed by atoms with Gasteiger partial charge >= 0.3 is 19.8 Å². The lowest BCUT2D eigenvalue weighted by molar-refractivity contribution is -0.220. The number of ether oxygens (including phenoxy) is 2. The minimum atomic E-state index is -5.13. The number of unbranched alkanes of at least 4 members (excludes halogenated alkanes) is 12. The van der Waals surface area contributed by atoms with Crippen LogP contribution in [0, 0.1) is 0 Å². The van der Waals surface area contributed by atoms with E-state index >= 15 is 0 Å². The molecule has 6 N–H and O–H groups in total. The Morgan fingerprint density at radius 1 is 0.569 bits per heavy atom. The van der Waals surface area contributed by atoms with Crippen molar-refractivity contribution in [1.82, 2.24) is 0 Å². The highest BCUT2D eigenvalue weighted by atomic mass is 31.2. The molecule has 13 nitrogen and oxygen atoms in total. The lowest BCUT2D eigenvalue weighted by atomic mass is 9.85. The highest BCUT2D eigenvalue weighted by Crippen LogP contribution is 2.47. The number of phosphoric acid groups is 1. The second-order valence-corrected chi connectivity index (χ2v) is 16.0. The van der Waals surface area contributed by atoms with Crippen molar-refractivity contribution in [3.05, 3.63) is 72.9 Å². The zero-order chi connectivity index (χ0) is 42.9. The number of aliphatic hydroxyl groups is 5. The number of carbonyl (C=O) groups excluding carboxylic acids is 2. The standard InChI is InChI=1S/C44H73O13P/c1-3-5-7-9-11-13-15-17-19-21-22-24-26-28-30-32-37(45)54-34-36(35-55-58(52,53)57-44-42(50)40(48)39(47)41(49)43(44)51)56-38(46)33-31-29-27-25-23-20-18-16-14-12-10-8-6-4-2/h5,7,9-13,15-19,36,39-44,47-51H,3-4,6,8,14,20-35H2,1-2H3,(H,52,53)/b7-5+,11-9+,12-10+,15-13+,18-16+,19-17+/t36-,39?,40-,41?,42?,43?,44?/m0/s1. The molecule has 1 aliphatic rings. The van der Waals surface area contributed by atoms with Crippen molar-refractivity contribution >= 4 is 19.8 Å². The van der Waals surface area contributed by atoms with Crippen molar-refractivity contribution in [1.29, 1.82) is 0 Å². The summed E-state index contributed by atoms with van der Waals surface area (Å²) in [7, 11) is -5.13. The highest BCUT2D eigenvalue weighted by molar-refractivity contribution is 7.47. The molecule has 0 aromatic heterocycles. The number of aliphatic hydroxyl groups excluding tert-OH is 5. The Morgan fingerprint density at radius 2 is 1.05 bits per heavy atom. The molecule has 6 unspecified atom stereocenters. The van der Waals surface area contributed by atoms with E-state index < -0.39 is 75.7 Å². The molecule has 1 aliphatic carbocycles. The van der Waals surface area contributed by atoms with Gasteiger partial charge in [0, 0.05) is 12.8 Å². The molecule has 0 heterocycles. The maximum atomic E-state index is 12.8. The molecular weight excluding hydrogens is 767 g/mol. The van der Waals surface area contributed by atoms with E-state index in [-0.39, 0.29) is 12.8 Å². The Morgan fingerprint density at radius 3 is 1.64 bits per heavy atom. The zero-order valence-corrected chi connectivity index (χ0v) is 35.7. The van der Waals surface area contributed by atoms with Gasteiger partial charge in [-0.2, -0.15) is 0 Å². The molecule has 0 bridgehead atoms. The van der Waals surface area contributed by atoms with Crippen molar-refractivity contribution in [2.45, 2.75) is 179 Å². The smallest absolute Gasteiger partial charge is 0.462 e. The van der Waals surface area contributed by atoms with E-state index in [4.69, 9.17) is 18.5 Å². The summed E-state index contributed by atoms with van der Waals surface area (Å²) in [6.07, 6.45) is 28.2.